The molecule has 1 aromatic carbocycles. The van der Waals surface area contributed by atoms with Crippen molar-refractivity contribution in [3.8, 4) is 5.82 Å². The number of carbonyl (C=O) groups excluding carboxylic acids is 2. The van der Waals surface area contributed by atoms with Gasteiger partial charge in [0, 0.05) is 39.4 Å². The number of anilines is 1. The van der Waals surface area contributed by atoms with Crippen molar-refractivity contribution >= 4 is 17.8 Å². The molecule has 0 radical (unpaired) electrons. The minimum Gasteiger partial charge on any atom is -0.346 e. The van der Waals surface area contributed by atoms with E-state index in [9.17, 15) is 35.9 Å². The van der Waals surface area contributed by atoms with Crippen LogP contribution in [0, 0.1) is 0 Å². The summed E-state index contributed by atoms with van der Waals surface area (Å²) in [7, 11) is 4.91. The number of benzene rings is 1. The minimum absolute atomic E-state index is 0.0570. The molecule has 0 bridgehead atoms. The molecule has 3 aromatic rings. The van der Waals surface area contributed by atoms with E-state index in [0.29, 0.717) is 24.2 Å². The molecule has 0 fully saturated rings. The molecule has 0 spiro atoms. The number of pyridine rings is 1. The third kappa shape index (κ3) is 6.64. The molecule has 15 heteroatoms. The van der Waals surface area contributed by atoms with E-state index in [1.165, 1.54) is 34.8 Å². The fourth-order valence-corrected chi connectivity index (χ4v) is 3.38. The number of halogens is 6. The maximum Gasteiger partial charge on any atom is 0.416 e. The van der Waals surface area contributed by atoms with E-state index in [4.69, 9.17) is 0 Å². The Bertz CT molecular complexity index is 1320. The molecule has 2 aromatic heterocycles. The van der Waals surface area contributed by atoms with Crippen molar-refractivity contribution in [3.05, 3.63) is 64.6 Å². The summed E-state index contributed by atoms with van der Waals surface area (Å²) in [6.45, 7) is 3.72. The summed E-state index contributed by atoms with van der Waals surface area (Å²) in [6.07, 6.45) is -8.88. The molecule has 0 aliphatic heterocycles. The van der Waals surface area contributed by atoms with Gasteiger partial charge in [0.1, 0.15) is 0 Å². The van der Waals surface area contributed by atoms with Gasteiger partial charge in [-0.2, -0.15) is 36.0 Å². The summed E-state index contributed by atoms with van der Waals surface area (Å²) < 4.78 is 80.7. The van der Waals surface area contributed by atoms with Crippen LogP contribution in [0.25, 0.3) is 5.82 Å². The predicted molar refractivity (Wildman–Crippen MR) is 128 cm³/mol. The lowest BCUT2D eigenvalue weighted by Gasteiger charge is -2.17. The molecule has 9 nitrogen and oxygen atoms in total. The molecule has 39 heavy (non-hydrogen) atoms. The van der Waals surface area contributed by atoms with Crippen molar-refractivity contribution in [1.82, 2.24) is 30.0 Å². The van der Waals surface area contributed by atoms with Crippen molar-refractivity contribution in [2.75, 3.05) is 32.6 Å². The van der Waals surface area contributed by atoms with Crippen LogP contribution < -0.4 is 10.2 Å². The number of nitrogens with one attached hydrogen (secondary N) is 1. The second kappa shape index (κ2) is 10.9. The number of amides is 2. The molecule has 3 rings (SSSR count). The summed E-state index contributed by atoms with van der Waals surface area (Å²) in [6, 6.07) is 2.61. The third-order valence-corrected chi connectivity index (χ3v) is 5.64. The molecule has 2 amide bonds. The van der Waals surface area contributed by atoms with E-state index in [0.717, 1.165) is 0 Å². The van der Waals surface area contributed by atoms with Gasteiger partial charge in [-0.1, -0.05) is 0 Å². The second-order valence-electron chi connectivity index (χ2n) is 8.79. The highest BCUT2D eigenvalue weighted by atomic mass is 19.4. The van der Waals surface area contributed by atoms with E-state index in [1.54, 1.807) is 26.0 Å². The van der Waals surface area contributed by atoms with Crippen molar-refractivity contribution in [3.63, 3.8) is 0 Å². The van der Waals surface area contributed by atoms with Gasteiger partial charge in [0.05, 0.1) is 22.7 Å². The van der Waals surface area contributed by atoms with Crippen LogP contribution in [0.1, 0.15) is 57.6 Å². The Hall–Kier alpha value is -4.17. The first-order chi connectivity index (χ1) is 18.0. The standard InChI is InChI=1S/C24H25F6N7O2/c1-6-36(5)21(39)14-7-8-18(31-12-14)37-19(33-22(34-37)35(3)4)13(2)32-20(38)15-9-16(23(25,26)27)11-17(10-15)24(28,29)30/h7-13H,6H2,1-5H3,(H,32,38)/t13-/m0/s1. The van der Waals surface area contributed by atoms with Crippen LogP contribution in [0.4, 0.5) is 32.3 Å². The highest BCUT2D eigenvalue weighted by Crippen LogP contribution is 2.36. The number of aromatic nitrogens is 4. The average Bonchev–Trinajstić information content (AvgIpc) is 3.32. The van der Waals surface area contributed by atoms with E-state index in [2.05, 4.69) is 20.4 Å². The van der Waals surface area contributed by atoms with Crippen LogP contribution in [0.2, 0.25) is 0 Å². The van der Waals surface area contributed by atoms with E-state index >= 15 is 0 Å². The highest BCUT2D eigenvalue weighted by molar-refractivity contribution is 5.95. The molecule has 0 saturated heterocycles. The maximum absolute atomic E-state index is 13.2. The van der Waals surface area contributed by atoms with Crippen LogP contribution in [-0.2, 0) is 12.4 Å². The van der Waals surface area contributed by atoms with Crippen molar-refractivity contribution in [2.45, 2.75) is 32.2 Å². The van der Waals surface area contributed by atoms with Gasteiger partial charge in [-0.25, -0.2) is 4.98 Å². The summed E-state index contributed by atoms with van der Waals surface area (Å²) in [4.78, 5) is 36.8. The first-order valence-corrected chi connectivity index (χ1v) is 11.5. The molecule has 0 unspecified atom stereocenters. The molecular formula is C24H25F6N7O2. The number of hydrogen-bond donors (Lipinski definition) is 1. The lowest BCUT2D eigenvalue weighted by molar-refractivity contribution is -0.143. The topological polar surface area (TPSA) is 96.3 Å². The normalized spacial score (nSPS) is 12.7. The Morgan fingerprint density at radius 1 is 0.974 bits per heavy atom. The molecule has 2 heterocycles. The molecule has 1 N–H and O–H groups in total. The molecule has 1 atom stereocenters. The van der Waals surface area contributed by atoms with Gasteiger partial charge in [-0.05, 0) is 44.2 Å². The monoisotopic (exact) mass is 557 g/mol. The Morgan fingerprint density at radius 3 is 2.03 bits per heavy atom. The minimum atomic E-state index is -5.10. The van der Waals surface area contributed by atoms with Crippen molar-refractivity contribution in [1.29, 1.82) is 0 Å². The zero-order valence-electron chi connectivity index (χ0n) is 21.5. The summed E-state index contributed by atoms with van der Waals surface area (Å²) >= 11 is 0. The second-order valence-corrected chi connectivity index (χ2v) is 8.79. The molecule has 0 aliphatic carbocycles. The van der Waals surface area contributed by atoms with Gasteiger partial charge in [-0.3, -0.25) is 9.59 Å². The smallest absolute Gasteiger partial charge is 0.346 e. The van der Waals surface area contributed by atoms with Gasteiger partial charge < -0.3 is 15.1 Å². The van der Waals surface area contributed by atoms with Crippen LogP contribution in [0.3, 0.4) is 0 Å². The Balaban J connectivity index is 1.97. The quantitative estimate of drug-likeness (QED) is 0.434. The fourth-order valence-electron chi connectivity index (χ4n) is 3.38. The van der Waals surface area contributed by atoms with Crippen LogP contribution in [-0.4, -0.2) is 64.2 Å². The maximum atomic E-state index is 13.2. The first kappa shape index (κ1) is 29.4. The Labute approximate surface area is 219 Å². The summed E-state index contributed by atoms with van der Waals surface area (Å²) in [5.41, 5.74) is -3.74. The summed E-state index contributed by atoms with van der Waals surface area (Å²) in [5.74, 6) is -0.953. The van der Waals surface area contributed by atoms with Crippen LogP contribution >= 0.6 is 0 Å². The molecule has 0 saturated carbocycles. The molecule has 0 aliphatic rings. The number of alkyl halides is 6. The number of nitrogens with zero attached hydrogens (tertiary/aromatic N) is 6. The average molecular weight is 557 g/mol. The Kier molecular flexibility index (Phi) is 8.22. The Morgan fingerprint density at radius 2 is 1.56 bits per heavy atom. The zero-order valence-corrected chi connectivity index (χ0v) is 21.5. The van der Waals surface area contributed by atoms with Gasteiger partial charge in [-0.15, -0.1) is 5.10 Å². The lowest BCUT2D eigenvalue weighted by atomic mass is 10.0. The van der Waals surface area contributed by atoms with Crippen molar-refractivity contribution in [2.24, 2.45) is 0 Å². The zero-order chi connectivity index (χ0) is 29.3. The lowest BCUT2D eigenvalue weighted by Crippen LogP contribution is -2.29. The van der Waals surface area contributed by atoms with Crippen LogP contribution in [0.15, 0.2) is 36.5 Å². The largest absolute Gasteiger partial charge is 0.416 e. The molecular weight excluding hydrogens is 532 g/mol. The van der Waals surface area contributed by atoms with E-state index < -0.39 is 41.0 Å². The number of rotatable bonds is 7. The van der Waals surface area contributed by atoms with Gasteiger partial charge in [0.2, 0.25) is 5.95 Å². The van der Waals surface area contributed by atoms with E-state index in [-0.39, 0.29) is 29.6 Å². The molecule has 210 valence electrons. The van der Waals surface area contributed by atoms with Gasteiger partial charge >= 0.3 is 12.4 Å². The highest BCUT2D eigenvalue weighted by Gasteiger charge is 2.37. The van der Waals surface area contributed by atoms with E-state index in [1.807, 2.05) is 6.92 Å². The third-order valence-electron chi connectivity index (χ3n) is 5.64. The van der Waals surface area contributed by atoms with Crippen molar-refractivity contribution < 1.29 is 35.9 Å². The van der Waals surface area contributed by atoms with Gasteiger partial charge in [0.15, 0.2) is 11.6 Å². The van der Waals surface area contributed by atoms with Gasteiger partial charge in [0.25, 0.3) is 11.8 Å². The SMILES string of the molecule is CCN(C)C(=O)c1ccc(-n2nc(N(C)C)nc2[C@H](C)NC(=O)c2cc(C(F)(F)F)cc(C(F)(F)F)c2)nc1. The number of carbonyl (C=O) groups is 2. The summed E-state index contributed by atoms with van der Waals surface area (Å²) in [5, 5.41) is 6.70. The fraction of sp³-hybridized carbons (Fsp3) is 0.375. The first-order valence-electron chi connectivity index (χ1n) is 11.5. The van der Waals surface area contributed by atoms with Crippen LogP contribution in [0.5, 0.6) is 0 Å². The number of hydrogen-bond acceptors (Lipinski definition) is 6. The predicted octanol–water partition coefficient (Wildman–Crippen LogP) is 4.35.